The van der Waals surface area contributed by atoms with Crippen LogP contribution in [0.15, 0.2) is 29.6 Å². The van der Waals surface area contributed by atoms with E-state index in [0.717, 1.165) is 10.4 Å². The van der Waals surface area contributed by atoms with Crippen molar-refractivity contribution in [2.24, 2.45) is 5.73 Å². The molecule has 0 bridgehead atoms. The Morgan fingerprint density at radius 3 is 2.65 bits per heavy atom. The number of hydrogen-bond acceptors (Lipinski definition) is 5. The number of benzene rings is 1. The van der Waals surface area contributed by atoms with Crippen LogP contribution < -0.4 is 20.5 Å². The molecule has 0 aliphatic rings. The number of aryl methyl sites for hydroxylation is 1. The number of carbonyl (C=O) groups is 2. The molecule has 2 amide bonds. The van der Waals surface area contributed by atoms with Crippen molar-refractivity contribution >= 4 is 23.2 Å². The van der Waals surface area contributed by atoms with Gasteiger partial charge in [0, 0.05) is 10.4 Å². The Morgan fingerprint density at radius 2 is 2.04 bits per heavy atom. The van der Waals surface area contributed by atoms with Crippen LogP contribution in [0.3, 0.4) is 0 Å². The Morgan fingerprint density at radius 1 is 1.26 bits per heavy atom. The van der Waals surface area contributed by atoms with Crippen LogP contribution in [0, 0.1) is 6.92 Å². The van der Waals surface area contributed by atoms with Gasteiger partial charge in [-0.15, -0.1) is 11.3 Å². The highest BCUT2D eigenvalue weighted by Gasteiger charge is 2.12. The zero-order valence-electron chi connectivity index (χ0n) is 12.9. The molecular weight excluding hydrogens is 316 g/mol. The number of nitrogens with one attached hydrogen (secondary N) is 1. The SMILES string of the molecule is COc1cc(C(=O)NCc2sccc2C)ccc1OCC(N)=O. The predicted molar refractivity (Wildman–Crippen MR) is 87.9 cm³/mol. The molecule has 2 rings (SSSR count). The molecule has 2 aromatic rings. The van der Waals surface area contributed by atoms with Gasteiger partial charge in [0.1, 0.15) is 0 Å². The summed E-state index contributed by atoms with van der Waals surface area (Å²) in [5, 5.41) is 4.85. The minimum atomic E-state index is -0.583. The lowest BCUT2D eigenvalue weighted by Crippen LogP contribution is -2.23. The van der Waals surface area contributed by atoms with Crippen molar-refractivity contribution in [1.29, 1.82) is 0 Å². The second-order valence-electron chi connectivity index (χ2n) is 4.83. The zero-order valence-corrected chi connectivity index (χ0v) is 13.7. The van der Waals surface area contributed by atoms with E-state index in [4.69, 9.17) is 15.2 Å². The Bertz CT molecular complexity index is 712. The molecule has 0 aliphatic heterocycles. The lowest BCUT2D eigenvalue weighted by Gasteiger charge is -2.11. The quantitative estimate of drug-likeness (QED) is 0.808. The number of primary amides is 1. The topological polar surface area (TPSA) is 90.7 Å². The summed E-state index contributed by atoms with van der Waals surface area (Å²) in [5.74, 6) is -0.0686. The summed E-state index contributed by atoms with van der Waals surface area (Å²) in [6.45, 7) is 2.23. The maximum Gasteiger partial charge on any atom is 0.255 e. The third-order valence-corrected chi connectivity index (χ3v) is 4.20. The van der Waals surface area contributed by atoms with Gasteiger partial charge in [0.25, 0.3) is 11.8 Å². The maximum atomic E-state index is 12.2. The lowest BCUT2D eigenvalue weighted by molar-refractivity contribution is -0.119. The van der Waals surface area contributed by atoms with E-state index < -0.39 is 5.91 Å². The van der Waals surface area contributed by atoms with E-state index >= 15 is 0 Å². The molecule has 1 aromatic carbocycles. The number of amides is 2. The molecule has 0 aliphatic carbocycles. The van der Waals surface area contributed by atoms with Gasteiger partial charge in [-0.05, 0) is 42.1 Å². The fraction of sp³-hybridized carbons (Fsp3) is 0.250. The van der Waals surface area contributed by atoms with E-state index in [1.54, 1.807) is 29.5 Å². The molecule has 3 N–H and O–H groups in total. The van der Waals surface area contributed by atoms with E-state index in [1.165, 1.54) is 7.11 Å². The predicted octanol–water partition coefficient (Wildman–Crippen LogP) is 1.86. The van der Waals surface area contributed by atoms with Crippen molar-refractivity contribution in [3.8, 4) is 11.5 Å². The maximum absolute atomic E-state index is 12.2. The Kier molecular flexibility index (Phi) is 5.59. The minimum absolute atomic E-state index is 0.211. The van der Waals surface area contributed by atoms with E-state index in [2.05, 4.69) is 5.32 Å². The van der Waals surface area contributed by atoms with Crippen LogP contribution in [0.4, 0.5) is 0 Å². The number of hydrogen-bond donors (Lipinski definition) is 2. The summed E-state index contributed by atoms with van der Waals surface area (Å²) in [6, 6.07) is 6.76. The van der Waals surface area contributed by atoms with Crippen LogP contribution >= 0.6 is 11.3 Å². The largest absolute Gasteiger partial charge is 0.493 e. The van der Waals surface area contributed by atoms with Crippen molar-refractivity contribution in [2.75, 3.05) is 13.7 Å². The number of thiophene rings is 1. The first-order valence-electron chi connectivity index (χ1n) is 6.91. The summed E-state index contributed by atoms with van der Waals surface area (Å²) >= 11 is 1.60. The molecular formula is C16H18N2O4S. The fourth-order valence-corrected chi connectivity index (χ4v) is 2.77. The summed E-state index contributed by atoms with van der Waals surface area (Å²) < 4.78 is 10.4. The Labute approximate surface area is 138 Å². The molecule has 23 heavy (non-hydrogen) atoms. The van der Waals surface area contributed by atoms with Gasteiger partial charge in [0.15, 0.2) is 18.1 Å². The van der Waals surface area contributed by atoms with Gasteiger partial charge in [-0.1, -0.05) is 0 Å². The third-order valence-electron chi connectivity index (χ3n) is 3.17. The molecule has 0 saturated carbocycles. The molecule has 0 spiro atoms. The average Bonchev–Trinajstić information content (AvgIpc) is 2.95. The number of rotatable bonds is 7. The first-order valence-corrected chi connectivity index (χ1v) is 7.79. The molecule has 122 valence electrons. The van der Waals surface area contributed by atoms with Crippen LogP contribution in [0.1, 0.15) is 20.8 Å². The first kappa shape index (κ1) is 16.8. The molecule has 1 heterocycles. The van der Waals surface area contributed by atoms with Gasteiger partial charge in [0.2, 0.25) is 0 Å². The minimum Gasteiger partial charge on any atom is -0.493 e. The number of carbonyl (C=O) groups excluding carboxylic acids is 2. The first-order chi connectivity index (χ1) is 11.0. The smallest absolute Gasteiger partial charge is 0.255 e. The average molecular weight is 334 g/mol. The Hall–Kier alpha value is -2.54. The van der Waals surface area contributed by atoms with Gasteiger partial charge in [-0.3, -0.25) is 9.59 Å². The van der Waals surface area contributed by atoms with Crippen molar-refractivity contribution in [3.05, 3.63) is 45.6 Å². The molecule has 1 aromatic heterocycles. The van der Waals surface area contributed by atoms with Crippen molar-refractivity contribution in [3.63, 3.8) is 0 Å². The van der Waals surface area contributed by atoms with E-state index in [-0.39, 0.29) is 12.5 Å². The normalized spacial score (nSPS) is 10.2. The van der Waals surface area contributed by atoms with Gasteiger partial charge in [-0.2, -0.15) is 0 Å². The van der Waals surface area contributed by atoms with E-state index in [9.17, 15) is 9.59 Å². The van der Waals surface area contributed by atoms with Crippen molar-refractivity contribution in [1.82, 2.24) is 5.32 Å². The van der Waals surface area contributed by atoms with Crippen LogP contribution in [-0.4, -0.2) is 25.5 Å². The molecule has 0 saturated heterocycles. The monoisotopic (exact) mass is 334 g/mol. The van der Waals surface area contributed by atoms with Crippen LogP contribution in [-0.2, 0) is 11.3 Å². The highest BCUT2D eigenvalue weighted by molar-refractivity contribution is 7.10. The number of nitrogens with two attached hydrogens (primary N) is 1. The summed E-state index contributed by atoms with van der Waals surface area (Å²) in [4.78, 5) is 24.1. The fourth-order valence-electron chi connectivity index (χ4n) is 1.92. The molecule has 7 heteroatoms. The highest BCUT2D eigenvalue weighted by Crippen LogP contribution is 2.28. The van der Waals surface area contributed by atoms with Crippen LogP contribution in [0.2, 0.25) is 0 Å². The van der Waals surface area contributed by atoms with Gasteiger partial charge in [-0.25, -0.2) is 0 Å². The third kappa shape index (κ3) is 4.46. The van der Waals surface area contributed by atoms with E-state index in [1.807, 2.05) is 18.4 Å². The van der Waals surface area contributed by atoms with Crippen molar-refractivity contribution < 1.29 is 19.1 Å². The summed E-state index contributed by atoms with van der Waals surface area (Å²) in [7, 11) is 1.46. The standard InChI is InChI=1S/C16H18N2O4S/c1-10-5-6-23-14(10)8-18-16(20)11-3-4-12(13(7-11)21-2)22-9-15(17)19/h3-7H,8-9H2,1-2H3,(H2,17,19)(H,18,20). The van der Waals surface area contributed by atoms with Gasteiger partial charge in [0.05, 0.1) is 13.7 Å². The molecule has 0 radical (unpaired) electrons. The van der Waals surface area contributed by atoms with E-state index in [0.29, 0.717) is 23.6 Å². The Balaban J connectivity index is 2.05. The van der Waals surface area contributed by atoms with Crippen LogP contribution in [0.25, 0.3) is 0 Å². The van der Waals surface area contributed by atoms with Gasteiger partial charge >= 0.3 is 0 Å². The zero-order chi connectivity index (χ0) is 16.8. The van der Waals surface area contributed by atoms with Crippen molar-refractivity contribution in [2.45, 2.75) is 13.5 Å². The molecule has 0 atom stereocenters. The summed E-state index contributed by atoms with van der Waals surface area (Å²) in [5.41, 5.74) is 6.64. The van der Waals surface area contributed by atoms with Crippen LogP contribution in [0.5, 0.6) is 11.5 Å². The molecule has 0 unspecified atom stereocenters. The lowest BCUT2D eigenvalue weighted by atomic mass is 10.2. The second kappa shape index (κ2) is 7.64. The number of ether oxygens (including phenoxy) is 2. The highest BCUT2D eigenvalue weighted by atomic mass is 32.1. The number of methoxy groups -OCH3 is 1. The second-order valence-corrected chi connectivity index (χ2v) is 5.83. The molecule has 0 fully saturated rings. The van der Waals surface area contributed by atoms with Gasteiger partial charge < -0.3 is 20.5 Å². The summed E-state index contributed by atoms with van der Waals surface area (Å²) in [6.07, 6.45) is 0. The molecule has 6 nitrogen and oxygen atoms in total.